The van der Waals surface area contributed by atoms with Gasteiger partial charge in [-0.3, -0.25) is 9.69 Å². The maximum Gasteiger partial charge on any atom is 0.237 e. The van der Waals surface area contributed by atoms with Gasteiger partial charge < -0.3 is 10.1 Å². The number of hydrogen-bond acceptors (Lipinski definition) is 3. The van der Waals surface area contributed by atoms with E-state index in [4.69, 9.17) is 4.74 Å². The molecule has 3 rings (SSSR count). The number of carbonyl (C=O) groups excluding carboxylic acids is 1. The maximum atomic E-state index is 12.7. The molecule has 3 aromatic rings. The second-order valence-corrected chi connectivity index (χ2v) is 7.28. The number of ether oxygens (including phenoxy) is 1. The van der Waals surface area contributed by atoms with Gasteiger partial charge in [-0.2, -0.15) is 0 Å². The van der Waals surface area contributed by atoms with E-state index in [0.717, 1.165) is 16.7 Å². The van der Waals surface area contributed by atoms with E-state index in [0.29, 0.717) is 6.54 Å². The van der Waals surface area contributed by atoms with Crippen LogP contribution in [0.3, 0.4) is 0 Å². The minimum absolute atomic E-state index is 0.0137. The molecular weight excluding hydrogens is 348 g/mol. The summed E-state index contributed by atoms with van der Waals surface area (Å²) in [6.07, 6.45) is 0. The van der Waals surface area contributed by atoms with Crippen LogP contribution < -0.4 is 10.1 Å². The molecule has 4 nitrogen and oxygen atoms in total. The van der Waals surface area contributed by atoms with Crippen molar-refractivity contribution in [3.63, 3.8) is 0 Å². The summed E-state index contributed by atoms with van der Waals surface area (Å²) in [4.78, 5) is 14.7. The lowest BCUT2D eigenvalue weighted by molar-refractivity contribution is -0.126. The molecule has 0 aromatic heterocycles. The summed E-state index contributed by atoms with van der Waals surface area (Å²) in [5.41, 5.74) is 2.28. The lowest BCUT2D eigenvalue weighted by atomic mass is 10.1. The molecule has 0 saturated carbocycles. The molecular formula is C24H28N2O2. The molecule has 0 unspecified atom stereocenters. The zero-order chi connectivity index (χ0) is 20.1. The van der Waals surface area contributed by atoms with E-state index in [-0.39, 0.29) is 18.0 Å². The largest absolute Gasteiger partial charge is 0.497 e. The van der Waals surface area contributed by atoms with Gasteiger partial charge in [-0.25, -0.2) is 0 Å². The fourth-order valence-electron chi connectivity index (χ4n) is 3.28. The number of hydrogen-bond donors (Lipinski definition) is 1. The van der Waals surface area contributed by atoms with E-state index in [2.05, 4.69) is 34.5 Å². The first kappa shape index (κ1) is 19.9. The predicted octanol–water partition coefficient (Wildman–Crippen LogP) is 4.55. The molecule has 146 valence electrons. The number of benzene rings is 3. The van der Waals surface area contributed by atoms with E-state index in [1.807, 2.05) is 63.4 Å². The van der Waals surface area contributed by atoms with Crippen molar-refractivity contribution in [2.24, 2.45) is 0 Å². The fourth-order valence-corrected chi connectivity index (χ4v) is 3.28. The van der Waals surface area contributed by atoms with Crippen LogP contribution in [0.2, 0.25) is 0 Å². The van der Waals surface area contributed by atoms with Crippen LogP contribution in [0.15, 0.2) is 66.7 Å². The molecule has 3 aromatic carbocycles. The standard InChI is InChI=1S/C24H28N2O2/c1-17(20-8-6-5-7-9-20)25-24(27)18(2)26(3)16-19-10-11-22-15-23(28-4)13-12-21(22)14-19/h5-15,17-18H,16H2,1-4H3,(H,25,27)/t17-,18+/m1/s1. The smallest absolute Gasteiger partial charge is 0.237 e. The van der Waals surface area contributed by atoms with Gasteiger partial charge in [0.1, 0.15) is 5.75 Å². The molecule has 2 atom stereocenters. The SMILES string of the molecule is COc1ccc2cc(CN(C)[C@@H](C)C(=O)N[C@H](C)c3ccccc3)ccc2c1. The molecule has 0 bridgehead atoms. The third-order valence-corrected chi connectivity index (χ3v) is 5.24. The lowest BCUT2D eigenvalue weighted by Crippen LogP contribution is -2.43. The second kappa shape index (κ2) is 8.89. The van der Waals surface area contributed by atoms with Crippen LogP contribution in [-0.2, 0) is 11.3 Å². The van der Waals surface area contributed by atoms with Crippen LogP contribution in [0.1, 0.15) is 31.0 Å². The number of nitrogens with zero attached hydrogens (tertiary/aromatic N) is 1. The average molecular weight is 377 g/mol. The molecule has 0 fully saturated rings. The van der Waals surface area contributed by atoms with Crippen LogP contribution in [0, 0.1) is 0 Å². The van der Waals surface area contributed by atoms with Gasteiger partial charge in [-0.05, 0) is 61.0 Å². The predicted molar refractivity (Wildman–Crippen MR) is 114 cm³/mol. The summed E-state index contributed by atoms with van der Waals surface area (Å²) in [5.74, 6) is 0.888. The van der Waals surface area contributed by atoms with Crippen molar-refractivity contribution >= 4 is 16.7 Å². The Bertz CT molecular complexity index is 940. The lowest BCUT2D eigenvalue weighted by Gasteiger charge is -2.26. The third kappa shape index (κ3) is 4.70. The Balaban J connectivity index is 1.63. The van der Waals surface area contributed by atoms with Crippen molar-refractivity contribution in [2.45, 2.75) is 32.5 Å². The van der Waals surface area contributed by atoms with E-state index < -0.39 is 0 Å². The summed E-state index contributed by atoms with van der Waals surface area (Å²) in [5, 5.41) is 5.42. The van der Waals surface area contributed by atoms with Crippen LogP contribution in [0.25, 0.3) is 10.8 Å². The Kier molecular flexibility index (Phi) is 6.32. The highest BCUT2D eigenvalue weighted by Gasteiger charge is 2.20. The van der Waals surface area contributed by atoms with Gasteiger partial charge in [0.05, 0.1) is 19.2 Å². The van der Waals surface area contributed by atoms with Crippen LogP contribution in [-0.4, -0.2) is 31.0 Å². The monoisotopic (exact) mass is 376 g/mol. The number of amides is 1. The summed E-state index contributed by atoms with van der Waals surface area (Å²) in [6, 6.07) is 22.2. The maximum absolute atomic E-state index is 12.7. The molecule has 0 radical (unpaired) electrons. The topological polar surface area (TPSA) is 41.6 Å². The van der Waals surface area contributed by atoms with Gasteiger partial charge in [-0.15, -0.1) is 0 Å². The highest BCUT2D eigenvalue weighted by Crippen LogP contribution is 2.22. The first-order valence-electron chi connectivity index (χ1n) is 9.60. The van der Waals surface area contributed by atoms with E-state index in [1.165, 1.54) is 10.9 Å². The molecule has 4 heteroatoms. The highest BCUT2D eigenvalue weighted by atomic mass is 16.5. The highest BCUT2D eigenvalue weighted by molar-refractivity contribution is 5.84. The van der Waals surface area contributed by atoms with Crippen molar-refractivity contribution in [1.82, 2.24) is 10.2 Å². The number of fused-ring (bicyclic) bond motifs is 1. The summed E-state index contributed by atoms with van der Waals surface area (Å²) >= 11 is 0. The van der Waals surface area contributed by atoms with E-state index in [1.54, 1.807) is 7.11 Å². The van der Waals surface area contributed by atoms with Gasteiger partial charge in [0.25, 0.3) is 0 Å². The van der Waals surface area contributed by atoms with Crippen LogP contribution >= 0.6 is 0 Å². The van der Waals surface area contributed by atoms with Crippen molar-refractivity contribution in [1.29, 1.82) is 0 Å². The number of likely N-dealkylation sites (N-methyl/N-ethyl adjacent to an activating group) is 1. The first-order valence-corrected chi connectivity index (χ1v) is 9.60. The van der Waals surface area contributed by atoms with Gasteiger partial charge >= 0.3 is 0 Å². The second-order valence-electron chi connectivity index (χ2n) is 7.28. The first-order chi connectivity index (χ1) is 13.5. The average Bonchev–Trinajstić information content (AvgIpc) is 2.73. The molecule has 28 heavy (non-hydrogen) atoms. The van der Waals surface area contributed by atoms with Crippen LogP contribution in [0.5, 0.6) is 5.75 Å². The number of methoxy groups -OCH3 is 1. The molecule has 0 saturated heterocycles. The number of carbonyl (C=O) groups is 1. The summed E-state index contributed by atoms with van der Waals surface area (Å²) in [7, 11) is 3.66. The minimum Gasteiger partial charge on any atom is -0.497 e. The van der Waals surface area contributed by atoms with Crippen molar-refractivity contribution in [3.8, 4) is 5.75 Å². The fraction of sp³-hybridized carbons (Fsp3) is 0.292. The van der Waals surface area contributed by atoms with Crippen molar-refractivity contribution < 1.29 is 9.53 Å². The molecule has 0 spiro atoms. The summed E-state index contributed by atoms with van der Waals surface area (Å²) in [6.45, 7) is 4.66. The van der Waals surface area contributed by atoms with Gasteiger partial charge in [0, 0.05) is 6.54 Å². The molecule has 0 aliphatic heterocycles. The Labute approximate surface area is 167 Å². The normalized spacial score (nSPS) is 13.3. The molecule has 0 aliphatic rings. The summed E-state index contributed by atoms with van der Waals surface area (Å²) < 4.78 is 5.29. The van der Waals surface area contributed by atoms with Crippen molar-refractivity contribution in [2.75, 3.05) is 14.2 Å². The molecule has 1 N–H and O–H groups in total. The Morgan fingerprint density at radius 1 is 1.00 bits per heavy atom. The quantitative estimate of drug-likeness (QED) is 0.658. The molecule has 0 aliphatic carbocycles. The third-order valence-electron chi connectivity index (χ3n) is 5.24. The van der Waals surface area contributed by atoms with E-state index in [9.17, 15) is 4.79 Å². The molecule has 1 amide bonds. The molecule has 0 heterocycles. The minimum atomic E-state index is -0.224. The zero-order valence-corrected chi connectivity index (χ0v) is 17.0. The Hall–Kier alpha value is -2.85. The van der Waals surface area contributed by atoms with Gasteiger partial charge in [0.15, 0.2) is 0 Å². The zero-order valence-electron chi connectivity index (χ0n) is 17.0. The van der Waals surface area contributed by atoms with E-state index >= 15 is 0 Å². The van der Waals surface area contributed by atoms with Gasteiger partial charge in [0.2, 0.25) is 5.91 Å². The van der Waals surface area contributed by atoms with Crippen molar-refractivity contribution in [3.05, 3.63) is 77.9 Å². The Morgan fingerprint density at radius 3 is 2.39 bits per heavy atom. The number of nitrogens with one attached hydrogen (secondary N) is 1. The Morgan fingerprint density at radius 2 is 1.68 bits per heavy atom. The van der Waals surface area contributed by atoms with Crippen LogP contribution in [0.4, 0.5) is 0 Å². The van der Waals surface area contributed by atoms with Gasteiger partial charge in [-0.1, -0.05) is 48.5 Å². The number of rotatable bonds is 7.